The molecule has 94 valence electrons. The molecular weight excluding hydrogens is 232 g/mol. The zero-order valence-corrected chi connectivity index (χ0v) is 9.81. The van der Waals surface area contributed by atoms with E-state index in [1.54, 1.807) is 0 Å². The molecule has 0 spiro atoms. The van der Waals surface area contributed by atoms with E-state index in [2.05, 4.69) is 11.2 Å². The van der Waals surface area contributed by atoms with Gasteiger partial charge in [0.25, 0.3) is 0 Å². The van der Waals surface area contributed by atoms with Crippen molar-refractivity contribution in [2.24, 2.45) is 5.73 Å². The molecule has 0 fully saturated rings. The summed E-state index contributed by atoms with van der Waals surface area (Å²) >= 11 is 0. The summed E-state index contributed by atoms with van der Waals surface area (Å²) in [5.41, 5.74) is 6.50. The van der Waals surface area contributed by atoms with Gasteiger partial charge in [-0.05, 0) is 17.7 Å². The first kappa shape index (κ1) is 12.3. The lowest BCUT2D eigenvalue weighted by molar-refractivity contribution is -0.122. The molecule has 0 saturated heterocycles. The third-order valence-electron chi connectivity index (χ3n) is 2.58. The molecule has 1 unspecified atom stereocenters. The average molecular weight is 246 g/mol. The highest BCUT2D eigenvalue weighted by molar-refractivity contribution is 5.81. The Morgan fingerprint density at radius 1 is 1.50 bits per heavy atom. The summed E-state index contributed by atoms with van der Waals surface area (Å²) < 4.78 is 10.4. The summed E-state index contributed by atoms with van der Waals surface area (Å²) in [5, 5.41) is 2.72. The van der Waals surface area contributed by atoms with E-state index in [1.165, 1.54) is 0 Å². The zero-order chi connectivity index (χ0) is 13.0. The maximum atomic E-state index is 11.6. The third kappa shape index (κ3) is 2.73. The Balaban J connectivity index is 1.91. The highest BCUT2D eigenvalue weighted by atomic mass is 16.7. The lowest BCUT2D eigenvalue weighted by atomic mass is 10.2. The summed E-state index contributed by atoms with van der Waals surface area (Å²) in [7, 11) is 0. The molecule has 0 aliphatic carbocycles. The van der Waals surface area contributed by atoms with E-state index < -0.39 is 6.04 Å². The minimum atomic E-state index is -0.663. The number of ether oxygens (including phenoxy) is 2. The zero-order valence-electron chi connectivity index (χ0n) is 9.81. The first-order valence-electron chi connectivity index (χ1n) is 5.56. The quantitative estimate of drug-likeness (QED) is 0.753. The van der Waals surface area contributed by atoms with Crippen LogP contribution in [0, 0.1) is 12.3 Å². The summed E-state index contributed by atoms with van der Waals surface area (Å²) in [5.74, 6) is 3.51. The van der Waals surface area contributed by atoms with E-state index in [4.69, 9.17) is 21.6 Å². The van der Waals surface area contributed by atoms with Gasteiger partial charge in [0.05, 0.1) is 6.04 Å². The van der Waals surface area contributed by atoms with Crippen molar-refractivity contribution in [2.45, 2.75) is 19.0 Å². The Morgan fingerprint density at radius 2 is 2.28 bits per heavy atom. The van der Waals surface area contributed by atoms with Crippen LogP contribution in [0.15, 0.2) is 18.2 Å². The predicted octanol–water partition coefficient (Wildman–Crippen LogP) is 0.382. The molecule has 1 atom stereocenters. The molecule has 1 aliphatic heterocycles. The summed E-state index contributed by atoms with van der Waals surface area (Å²) in [4.78, 5) is 11.6. The van der Waals surface area contributed by atoms with Gasteiger partial charge < -0.3 is 20.5 Å². The standard InChI is InChI=1S/C13H14N2O3/c1-2-3-10(14)13(16)15-7-9-4-5-11-12(6-9)18-8-17-11/h1,4-6,10H,3,7-8,14H2,(H,15,16). The van der Waals surface area contributed by atoms with Crippen molar-refractivity contribution in [1.29, 1.82) is 0 Å². The topological polar surface area (TPSA) is 73.6 Å². The second-order valence-electron chi connectivity index (χ2n) is 3.92. The number of nitrogens with two attached hydrogens (primary N) is 1. The highest BCUT2D eigenvalue weighted by Gasteiger charge is 2.14. The molecule has 1 aromatic carbocycles. The first-order valence-corrected chi connectivity index (χ1v) is 5.56. The Bertz CT molecular complexity index is 493. The van der Waals surface area contributed by atoms with Gasteiger partial charge in [0.1, 0.15) is 0 Å². The van der Waals surface area contributed by atoms with Gasteiger partial charge in [-0.15, -0.1) is 12.3 Å². The van der Waals surface area contributed by atoms with Crippen LogP contribution in [-0.2, 0) is 11.3 Å². The Morgan fingerprint density at radius 3 is 3.06 bits per heavy atom. The van der Waals surface area contributed by atoms with E-state index in [-0.39, 0.29) is 19.1 Å². The second kappa shape index (κ2) is 5.43. The number of fused-ring (bicyclic) bond motifs is 1. The van der Waals surface area contributed by atoms with Crippen molar-refractivity contribution >= 4 is 5.91 Å². The number of amides is 1. The molecule has 18 heavy (non-hydrogen) atoms. The molecule has 1 aromatic rings. The molecule has 0 aromatic heterocycles. The van der Waals surface area contributed by atoms with Gasteiger partial charge in [-0.2, -0.15) is 0 Å². The van der Waals surface area contributed by atoms with Crippen LogP contribution in [0.5, 0.6) is 11.5 Å². The monoisotopic (exact) mass is 246 g/mol. The van der Waals surface area contributed by atoms with Gasteiger partial charge in [0.2, 0.25) is 12.7 Å². The van der Waals surface area contributed by atoms with E-state index >= 15 is 0 Å². The lowest BCUT2D eigenvalue weighted by Crippen LogP contribution is -2.39. The van der Waals surface area contributed by atoms with Crippen molar-refractivity contribution in [3.05, 3.63) is 23.8 Å². The van der Waals surface area contributed by atoms with Crippen molar-refractivity contribution in [1.82, 2.24) is 5.32 Å². The van der Waals surface area contributed by atoms with Crippen molar-refractivity contribution in [2.75, 3.05) is 6.79 Å². The van der Waals surface area contributed by atoms with E-state index in [0.29, 0.717) is 18.0 Å². The van der Waals surface area contributed by atoms with Crippen LogP contribution in [0.3, 0.4) is 0 Å². The molecular formula is C13H14N2O3. The van der Waals surface area contributed by atoms with E-state index in [0.717, 1.165) is 5.56 Å². The number of carbonyl (C=O) groups is 1. The molecule has 5 heteroatoms. The van der Waals surface area contributed by atoms with E-state index in [9.17, 15) is 4.79 Å². The molecule has 0 bridgehead atoms. The van der Waals surface area contributed by atoms with Crippen LogP contribution in [0.25, 0.3) is 0 Å². The normalized spacial score (nSPS) is 13.8. The first-order chi connectivity index (χ1) is 8.70. The summed E-state index contributed by atoms with van der Waals surface area (Å²) in [6, 6.07) is 4.84. The van der Waals surface area contributed by atoms with Crippen molar-refractivity contribution < 1.29 is 14.3 Å². The SMILES string of the molecule is C#CCC(N)C(=O)NCc1ccc2c(c1)OCO2. The van der Waals surface area contributed by atoms with Gasteiger partial charge in [-0.25, -0.2) is 0 Å². The second-order valence-corrected chi connectivity index (χ2v) is 3.92. The lowest BCUT2D eigenvalue weighted by Gasteiger charge is -2.09. The number of hydrogen-bond acceptors (Lipinski definition) is 4. The minimum Gasteiger partial charge on any atom is -0.454 e. The number of carbonyl (C=O) groups excluding carboxylic acids is 1. The molecule has 3 N–H and O–H groups in total. The number of hydrogen-bond donors (Lipinski definition) is 2. The number of rotatable bonds is 4. The smallest absolute Gasteiger partial charge is 0.238 e. The van der Waals surface area contributed by atoms with Gasteiger partial charge in [0, 0.05) is 13.0 Å². The molecule has 1 amide bonds. The molecule has 1 heterocycles. The largest absolute Gasteiger partial charge is 0.454 e. The highest BCUT2D eigenvalue weighted by Crippen LogP contribution is 2.32. The molecule has 1 aliphatic rings. The fraction of sp³-hybridized carbons (Fsp3) is 0.308. The maximum Gasteiger partial charge on any atom is 0.238 e. The van der Waals surface area contributed by atoms with Gasteiger partial charge in [-0.3, -0.25) is 4.79 Å². The van der Waals surface area contributed by atoms with Crippen LogP contribution >= 0.6 is 0 Å². The Kier molecular flexibility index (Phi) is 3.70. The fourth-order valence-corrected chi connectivity index (χ4v) is 1.59. The Labute approximate surface area is 105 Å². The van der Waals surface area contributed by atoms with Crippen LogP contribution in [0.2, 0.25) is 0 Å². The van der Waals surface area contributed by atoms with Gasteiger partial charge in [-0.1, -0.05) is 6.07 Å². The number of nitrogens with one attached hydrogen (secondary N) is 1. The van der Waals surface area contributed by atoms with Crippen LogP contribution < -0.4 is 20.5 Å². The fourth-order valence-electron chi connectivity index (χ4n) is 1.59. The Hall–Kier alpha value is -2.19. The maximum absolute atomic E-state index is 11.6. The summed E-state index contributed by atoms with van der Waals surface area (Å²) in [6.45, 7) is 0.617. The molecule has 5 nitrogen and oxygen atoms in total. The third-order valence-corrected chi connectivity index (χ3v) is 2.58. The van der Waals surface area contributed by atoms with Crippen LogP contribution in [-0.4, -0.2) is 18.7 Å². The molecule has 0 saturated carbocycles. The minimum absolute atomic E-state index is 0.229. The predicted molar refractivity (Wildman–Crippen MR) is 65.8 cm³/mol. The molecule has 2 rings (SSSR count). The number of benzene rings is 1. The van der Waals surface area contributed by atoms with E-state index in [1.807, 2.05) is 18.2 Å². The number of terminal acetylenes is 1. The van der Waals surface area contributed by atoms with Crippen LogP contribution in [0.1, 0.15) is 12.0 Å². The average Bonchev–Trinajstić information content (AvgIpc) is 2.83. The van der Waals surface area contributed by atoms with Gasteiger partial charge in [0.15, 0.2) is 11.5 Å². The van der Waals surface area contributed by atoms with Crippen molar-refractivity contribution in [3.63, 3.8) is 0 Å². The van der Waals surface area contributed by atoms with Crippen LogP contribution in [0.4, 0.5) is 0 Å². The molecule has 0 radical (unpaired) electrons. The van der Waals surface area contributed by atoms with Gasteiger partial charge >= 0.3 is 0 Å². The van der Waals surface area contributed by atoms with Crippen molar-refractivity contribution in [3.8, 4) is 23.8 Å². The summed E-state index contributed by atoms with van der Waals surface area (Å²) in [6.07, 6.45) is 5.32.